The van der Waals surface area contributed by atoms with E-state index in [1.807, 2.05) is 0 Å². The summed E-state index contributed by atoms with van der Waals surface area (Å²) in [6.07, 6.45) is 1.55. The fraction of sp³-hybridized carbons (Fsp3) is 0.105. The number of ether oxygens (including phenoxy) is 1. The molecule has 0 saturated carbocycles. The van der Waals surface area contributed by atoms with E-state index in [0.717, 1.165) is 0 Å². The van der Waals surface area contributed by atoms with Crippen molar-refractivity contribution in [3.8, 4) is 22.9 Å². The molecule has 0 aliphatic heterocycles. The Hall–Kier alpha value is -3.92. The predicted octanol–water partition coefficient (Wildman–Crippen LogP) is 1.95. The number of carbonyl (C=O) groups excluding carboxylic acids is 2. The Morgan fingerprint density at radius 1 is 1.13 bits per heavy atom. The second kappa shape index (κ2) is 8.62. The Labute approximate surface area is 176 Å². The molecule has 1 aromatic carbocycles. The molecule has 0 aliphatic rings. The topological polar surface area (TPSA) is 172 Å². The first kappa shape index (κ1) is 20.8. The molecule has 2 aromatic heterocycles. The number of pyridine rings is 1. The second-order valence-corrected chi connectivity index (χ2v) is 6.70. The van der Waals surface area contributed by atoms with Crippen LogP contribution in [0.4, 0.5) is 11.6 Å². The van der Waals surface area contributed by atoms with Crippen molar-refractivity contribution in [1.29, 1.82) is 0 Å². The largest absolute Gasteiger partial charge is 0.424 e. The number of nitrogens with two attached hydrogens (primary N) is 3. The van der Waals surface area contributed by atoms with Gasteiger partial charge in [-0.15, -0.1) is 0 Å². The van der Waals surface area contributed by atoms with Crippen molar-refractivity contribution in [2.24, 2.45) is 11.5 Å². The highest BCUT2D eigenvalue weighted by molar-refractivity contribution is 6.31. The number of anilines is 2. The van der Waals surface area contributed by atoms with E-state index in [-0.39, 0.29) is 17.5 Å². The van der Waals surface area contributed by atoms with Crippen LogP contribution in [0, 0.1) is 0 Å². The quantitative estimate of drug-likeness (QED) is 0.442. The highest BCUT2D eigenvalue weighted by Gasteiger charge is 2.16. The van der Waals surface area contributed by atoms with E-state index in [1.54, 1.807) is 43.5 Å². The standard InChI is InChI=1S/C19H18ClN7O3/c1-9(17(22)28)25-16-8-13(18(23)29)26-19(27-16)30-14-3-2-11(20)7-12(14)10-4-5-24-15(21)6-10/h2-9H,1H3,(H2,21,24)(H2,22,28)(H2,23,29)(H,25,26,27)/t9-/m0/s1. The molecule has 1 atom stereocenters. The van der Waals surface area contributed by atoms with Gasteiger partial charge in [-0.3, -0.25) is 9.59 Å². The van der Waals surface area contributed by atoms with Crippen molar-refractivity contribution >= 4 is 35.1 Å². The monoisotopic (exact) mass is 427 g/mol. The van der Waals surface area contributed by atoms with Crippen LogP contribution in [0.15, 0.2) is 42.6 Å². The van der Waals surface area contributed by atoms with Gasteiger partial charge in [0.05, 0.1) is 0 Å². The molecule has 0 fully saturated rings. The molecule has 0 aliphatic carbocycles. The third-order valence-electron chi connectivity index (χ3n) is 3.98. The van der Waals surface area contributed by atoms with Gasteiger partial charge in [0.2, 0.25) is 5.91 Å². The van der Waals surface area contributed by atoms with Crippen molar-refractivity contribution in [2.45, 2.75) is 13.0 Å². The van der Waals surface area contributed by atoms with Gasteiger partial charge in [0.25, 0.3) is 5.91 Å². The molecular weight excluding hydrogens is 410 g/mol. The fourth-order valence-electron chi connectivity index (χ4n) is 2.49. The molecule has 3 rings (SSSR count). The minimum Gasteiger partial charge on any atom is -0.424 e. The molecule has 154 valence electrons. The van der Waals surface area contributed by atoms with E-state index < -0.39 is 17.9 Å². The number of primary amides is 2. The molecule has 0 saturated heterocycles. The lowest BCUT2D eigenvalue weighted by atomic mass is 10.1. The molecule has 0 bridgehead atoms. The maximum atomic E-state index is 11.7. The van der Waals surface area contributed by atoms with Crippen molar-refractivity contribution in [1.82, 2.24) is 15.0 Å². The summed E-state index contributed by atoms with van der Waals surface area (Å²) in [5.74, 6) is -0.594. The molecule has 30 heavy (non-hydrogen) atoms. The zero-order chi connectivity index (χ0) is 21.8. The number of nitrogen functional groups attached to an aromatic ring is 1. The Morgan fingerprint density at radius 2 is 1.90 bits per heavy atom. The predicted molar refractivity (Wildman–Crippen MR) is 112 cm³/mol. The molecule has 0 radical (unpaired) electrons. The van der Waals surface area contributed by atoms with Crippen molar-refractivity contribution in [3.63, 3.8) is 0 Å². The minimum atomic E-state index is -0.796. The van der Waals surface area contributed by atoms with Gasteiger partial charge < -0.3 is 27.3 Å². The third-order valence-corrected chi connectivity index (χ3v) is 4.22. The van der Waals surface area contributed by atoms with E-state index >= 15 is 0 Å². The number of halogens is 1. The summed E-state index contributed by atoms with van der Waals surface area (Å²) < 4.78 is 5.83. The molecule has 0 spiro atoms. The van der Waals surface area contributed by atoms with Crippen LogP contribution in [0.1, 0.15) is 17.4 Å². The Kier molecular flexibility index (Phi) is 5.98. The maximum absolute atomic E-state index is 11.7. The first-order valence-corrected chi connectivity index (χ1v) is 9.05. The van der Waals surface area contributed by atoms with Crippen molar-refractivity contribution in [3.05, 3.63) is 53.3 Å². The fourth-order valence-corrected chi connectivity index (χ4v) is 2.67. The summed E-state index contributed by atoms with van der Waals surface area (Å²) >= 11 is 6.14. The first-order valence-electron chi connectivity index (χ1n) is 8.67. The van der Waals surface area contributed by atoms with Crippen LogP contribution < -0.4 is 27.3 Å². The molecule has 7 N–H and O–H groups in total. The lowest BCUT2D eigenvalue weighted by Crippen LogP contribution is -2.33. The molecule has 2 amide bonds. The lowest BCUT2D eigenvalue weighted by molar-refractivity contribution is -0.118. The van der Waals surface area contributed by atoms with E-state index in [9.17, 15) is 9.59 Å². The van der Waals surface area contributed by atoms with Gasteiger partial charge in [0.1, 0.15) is 29.1 Å². The Bertz CT molecular complexity index is 1120. The van der Waals surface area contributed by atoms with Gasteiger partial charge in [0, 0.05) is 22.8 Å². The van der Waals surface area contributed by atoms with Crippen molar-refractivity contribution in [2.75, 3.05) is 11.1 Å². The summed E-state index contributed by atoms with van der Waals surface area (Å²) in [6.45, 7) is 1.54. The highest BCUT2D eigenvalue weighted by atomic mass is 35.5. The minimum absolute atomic E-state index is 0.108. The molecule has 0 unspecified atom stereocenters. The van der Waals surface area contributed by atoms with E-state index in [0.29, 0.717) is 27.7 Å². The van der Waals surface area contributed by atoms with Gasteiger partial charge in [0.15, 0.2) is 0 Å². The number of nitrogens with zero attached hydrogens (tertiary/aromatic N) is 3. The van der Waals surface area contributed by atoms with Crippen LogP contribution in [0.3, 0.4) is 0 Å². The number of aromatic nitrogens is 3. The zero-order valence-corrected chi connectivity index (χ0v) is 16.6. The van der Waals surface area contributed by atoms with Crippen LogP contribution in [0.25, 0.3) is 11.1 Å². The summed E-state index contributed by atoms with van der Waals surface area (Å²) in [4.78, 5) is 35.2. The smallest absolute Gasteiger partial charge is 0.324 e. The maximum Gasteiger partial charge on any atom is 0.324 e. The van der Waals surface area contributed by atoms with Gasteiger partial charge in [-0.2, -0.15) is 9.97 Å². The summed E-state index contributed by atoms with van der Waals surface area (Å²) in [7, 11) is 0. The number of rotatable bonds is 7. The SMILES string of the molecule is C[C@H](Nc1cc(C(N)=O)nc(Oc2ccc(Cl)cc2-c2ccnc(N)c2)n1)C(N)=O. The molecule has 11 heteroatoms. The summed E-state index contributed by atoms with van der Waals surface area (Å²) in [5, 5.41) is 3.24. The number of carbonyl (C=O) groups is 2. The van der Waals surface area contributed by atoms with Gasteiger partial charge >= 0.3 is 6.01 Å². The number of benzene rings is 1. The number of nitrogens with one attached hydrogen (secondary N) is 1. The van der Waals surface area contributed by atoms with Crippen LogP contribution in [0.2, 0.25) is 5.02 Å². The van der Waals surface area contributed by atoms with Gasteiger partial charge in [-0.25, -0.2) is 4.98 Å². The number of hydrogen-bond acceptors (Lipinski definition) is 8. The first-order chi connectivity index (χ1) is 14.2. The Balaban J connectivity index is 2.02. The van der Waals surface area contributed by atoms with Crippen LogP contribution in [-0.2, 0) is 4.79 Å². The van der Waals surface area contributed by atoms with E-state index in [4.69, 9.17) is 33.5 Å². The second-order valence-electron chi connectivity index (χ2n) is 6.27. The Morgan fingerprint density at radius 3 is 2.57 bits per heavy atom. The van der Waals surface area contributed by atoms with Gasteiger partial charge in [-0.1, -0.05) is 11.6 Å². The molecule has 10 nitrogen and oxygen atoms in total. The normalized spacial score (nSPS) is 11.5. The van der Waals surface area contributed by atoms with Crippen molar-refractivity contribution < 1.29 is 14.3 Å². The lowest BCUT2D eigenvalue weighted by Gasteiger charge is -2.14. The van der Waals surface area contributed by atoms with Crippen LogP contribution in [0.5, 0.6) is 11.8 Å². The summed E-state index contributed by atoms with van der Waals surface area (Å²) in [6, 6.07) is 8.68. The van der Waals surface area contributed by atoms with Crippen LogP contribution >= 0.6 is 11.6 Å². The summed E-state index contributed by atoms with van der Waals surface area (Å²) in [5.41, 5.74) is 17.6. The average Bonchev–Trinajstić information content (AvgIpc) is 2.69. The van der Waals surface area contributed by atoms with Gasteiger partial charge in [-0.05, 0) is 42.8 Å². The van der Waals surface area contributed by atoms with E-state index in [2.05, 4.69) is 20.3 Å². The molecule has 2 heterocycles. The molecule has 3 aromatic rings. The van der Waals surface area contributed by atoms with Crippen LogP contribution in [-0.4, -0.2) is 32.8 Å². The number of hydrogen-bond donors (Lipinski definition) is 4. The highest BCUT2D eigenvalue weighted by Crippen LogP contribution is 2.35. The third kappa shape index (κ3) is 4.92. The number of amides is 2. The van der Waals surface area contributed by atoms with E-state index in [1.165, 1.54) is 6.07 Å². The zero-order valence-electron chi connectivity index (χ0n) is 15.8. The molecular formula is C19H18ClN7O3. The average molecular weight is 428 g/mol.